The van der Waals surface area contributed by atoms with Crippen molar-refractivity contribution in [3.8, 4) is 17.2 Å². The van der Waals surface area contributed by atoms with Crippen LogP contribution in [-0.4, -0.2) is 23.2 Å². The molecule has 2 aromatic carbocycles. The fourth-order valence-corrected chi connectivity index (χ4v) is 2.90. The van der Waals surface area contributed by atoms with Crippen LogP contribution < -0.4 is 4.74 Å². The first kappa shape index (κ1) is 16.4. The van der Waals surface area contributed by atoms with Crippen LogP contribution in [0.2, 0.25) is 0 Å². The molecule has 1 heterocycles. The first-order valence-electron chi connectivity index (χ1n) is 6.83. The first-order chi connectivity index (χ1) is 11.5. The third-order valence-corrected chi connectivity index (χ3v) is 4.14. The standard InChI is InChI=1S/C17H11FINO4/c1-23-17(22)14-15(21)12-6-5-11(8-13(12)16(19)20-14)24-10-4-2-3-9(18)7-10/h2-8,21H,1H3. The van der Waals surface area contributed by atoms with Crippen LogP contribution in [0.1, 0.15) is 10.5 Å². The second-order valence-electron chi connectivity index (χ2n) is 4.86. The molecule has 122 valence electrons. The van der Waals surface area contributed by atoms with Gasteiger partial charge in [0.2, 0.25) is 0 Å². The van der Waals surface area contributed by atoms with Crippen LogP contribution in [0.4, 0.5) is 4.39 Å². The van der Waals surface area contributed by atoms with Crippen molar-refractivity contribution in [1.29, 1.82) is 0 Å². The maximum Gasteiger partial charge on any atom is 0.360 e. The molecule has 0 saturated carbocycles. The van der Waals surface area contributed by atoms with E-state index >= 15 is 0 Å². The van der Waals surface area contributed by atoms with E-state index in [1.54, 1.807) is 30.3 Å². The van der Waals surface area contributed by atoms with E-state index in [0.29, 0.717) is 26.0 Å². The van der Waals surface area contributed by atoms with Crippen LogP contribution in [0.15, 0.2) is 42.5 Å². The highest BCUT2D eigenvalue weighted by Gasteiger charge is 2.19. The lowest BCUT2D eigenvalue weighted by Crippen LogP contribution is -2.06. The monoisotopic (exact) mass is 439 g/mol. The van der Waals surface area contributed by atoms with Gasteiger partial charge >= 0.3 is 5.97 Å². The Balaban J connectivity index is 2.05. The lowest BCUT2D eigenvalue weighted by atomic mass is 10.1. The molecule has 0 aliphatic carbocycles. The molecule has 0 radical (unpaired) electrons. The number of esters is 1. The Morgan fingerprint density at radius 1 is 1.17 bits per heavy atom. The molecule has 0 amide bonds. The second-order valence-corrected chi connectivity index (χ2v) is 5.88. The Morgan fingerprint density at radius 3 is 2.62 bits per heavy atom. The van der Waals surface area contributed by atoms with Crippen molar-refractivity contribution in [2.75, 3.05) is 7.11 Å². The summed E-state index contributed by atoms with van der Waals surface area (Å²) in [6, 6.07) is 10.7. The summed E-state index contributed by atoms with van der Waals surface area (Å²) in [7, 11) is 1.22. The number of fused-ring (bicyclic) bond motifs is 1. The van der Waals surface area contributed by atoms with Crippen molar-refractivity contribution in [2.45, 2.75) is 0 Å². The van der Waals surface area contributed by atoms with Crippen molar-refractivity contribution in [3.05, 3.63) is 57.7 Å². The van der Waals surface area contributed by atoms with E-state index < -0.39 is 11.8 Å². The van der Waals surface area contributed by atoms with Crippen LogP contribution in [-0.2, 0) is 4.74 Å². The van der Waals surface area contributed by atoms with Crippen LogP contribution in [0.25, 0.3) is 10.8 Å². The smallest absolute Gasteiger partial charge is 0.360 e. The SMILES string of the molecule is COC(=O)c1nc(I)c2cc(Oc3cccc(F)c3)ccc2c1O. The molecule has 1 N–H and O–H groups in total. The van der Waals surface area contributed by atoms with Crippen molar-refractivity contribution in [3.63, 3.8) is 0 Å². The third kappa shape index (κ3) is 3.12. The number of hydrogen-bond acceptors (Lipinski definition) is 5. The Kier molecular flexibility index (Phi) is 4.52. The molecule has 0 unspecified atom stereocenters. The number of ether oxygens (including phenoxy) is 2. The van der Waals surface area contributed by atoms with E-state index in [-0.39, 0.29) is 11.4 Å². The lowest BCUT2D eigenvalue weighted by molar-refractivity contribution is 0.0590. The molecule has 0 bridgehead atoms. The number of halogens is 2. The van der Waals surface area contributed by atoms with Crippen LogP contribution in [0.3, 0.4) is 0 Å². The number of carbonyl (C=O) groups excluding carboxylic acids is 1. The normalized spacial score (nSPS) is 10.6. The van der Waals surface area contributed by atoms with E-state index in [4.69, 9.17) is 4.74 Å². The van der Waals surface area contributed by atoms with Gasteiger partial charge in [-0.05, 0) is 52.9 Å². The average Bonchev–Trinajstić information content (AvgIpc) is 2.57. The number of carbonyl (C=O) groups is 1. The number of benzene rings is 2. The van der Waals surface area contributed by atoms with Crippen molar-refractivity contribution in [2.24, 2.45) is 0 Å². The summed E-state index contributed by atoms with van der Waals surface area (Å²) in [6.45, 7) is 0. The van der Waals surface area contributed by atoms with Gasteiger partial charge in [-0.25, -0.2) is 14.2 Å². The molecule has 24 heavy (non-hydrogen) atoms. The summed E-state index contributed by atoms with van der Waals surface area (Å²) in [5.74, 6) is -0.558. The fraction of sp³-hybridized carbons (Fsp3) is 0.0588. The van der Waals surface area contributed by atoms with E-state index in [0.717, 1.165) is 0 Å². The van der Waals surface area contributed by atoms with Crippen LogP contribution in [0, 0.1) is 9.52 Å². The molecule has 3 rings (SSSR count). The van der Waals surface area contributed by atoms with Crippen molar-refractivity contribution in [1.82, 2.24) is 4.98 Å². The number of methoxy groups -OCH3 is 1. The van der Waals surface area contributed by atoms with Crippen LogP contribution in [0.5, 0.6) is 17.2 Å². The molecule has 0 atom stereocenters. The summed E-state index contributed by atoms with van der Waals surface area (Å²) in [6.07, 6.45) is 0. The predicted molar refractivity (Wildman–Crippen MR) is 93.9 cm³/mol. The summed E-state index contributed by atoms with van der Waals surface area (Å²) >= 11 is 1.96. The van der Waals surface area contributed by atoms with Crippen molar-refractivity contribution < 1.29 is 23.8 Å². The molecule has 5 nitrogen and oxygen atoms in total. The summed E-state index contributed by atoms with van der Waals surface area (Å²) in [5, 5.41) is 11.3. The zero-order valence-corrected chi connectivity index (χ0v) is 14.6. The highest BCUT2D eigenvalue weighted by molar-refractivity contribution is 14.1. The molecule has 0 aliphatic heterocycles. The molecule has 1 aromatic heterocycles. The third-order valence-electron chi connectivity index (χ3n) is 3.31. The highest BCUT2D eigenvalue weighted by atomic mass is 127. The maximum absolute atomic E-state index is 13.2. The topological polar surface area (TPSA) is 68.7 Å². The molecule has 3 aromatic rings. The number of aromatic nitrogens is 1. The summed E-state index contributed by atoms with van der Waals surface area (Å²) in [4.78, 5) is 15.7. The van der Waals surface area contributed by atoms with E-state index in [1.165, 1.54) is 19.2 Å². The molecule has 7 heteroatoms. The Bertz CT molecular complexity index is 945. The fourth-order valence-electron chi connectivity index (χ4n) is 2.21. The van der Waals surface area contributed by atoms with E-state index in [1.807, 2.05) is 22.6 Å². The number of aromatic hydroxyl groups is 1. The predicted octanol–water partition coefficient (Wildman–Crippen LogP) is 4.26. The summed E-state index contributed by atoms with van der Waals surface area (Å²) in [5.41, 5.74) is -0.145. The van der Waals surface area contributed by atoms with Gasteiger partial charge in [0.15, 0.2) is 11.4 Å². The van der Waals surface area contributed by atoms with Gasteiger partial charge in [0, 0.05) is 16.8 Å². The quantitative estimate of drug-likeness (QED) is 0.375. The number of pyridine rings is 1. The van der Waals surface area contributed by atoms with Crippen LogP contribution >= 0.6 is 22.6 Å². The molecule has 0 spiro atoms. The lowest BCUT2D eigenvalue weighted by Gasteiger charge is -2.10. The zero-order valence-electron chi connectivity index (χ0n) is 12.4. The van der Waals surface area contributed by atoms with Gasteiger partial charge in [-0.3, -0.25) is 0 Å². The maximum atomic E-state index is 13.2. The molecular weight excluding hydrogens is 428 g/mol. The van der Waals surface area contributed by atoms with Gasteiger partial charge in [0.05, 0.1) is 7.11 Å². The van der Waals surface area contributed by atoms with Gasteiger partial charge in [0.25, 0.3) is 0 Å². The second kappa shape index (κ2) is 6.60. The zero-order chi connectivity index (χ0) is 17.3. The average molecular weight is 439 g/mol. The molecule has 0 saturated heterocycles. The molecule has 0 aliphatic rings. The number of rotatable bonds is 3. The highest BCUT2D eigenvalue weighted by Crippen LogP contribution is 2.34. The molecular formula is C17H11FINO4. The molecule has 0 fully saturated rings. The Hall–Kier alpha value is -2.42. The number of nitrogens with zero attached hydrogens (tertiary/aromatic N) is 1. The van der Waals surface area contributed by atoms with E-state index in [9.17, 15) is 14.3 Å². The van der Waals surface area contributed by atoms with Gasteiger partial charge in [-0.2, -0.15) is 0 Å². The van der Waals surface area contributed by atoms with Gasteiger partial charge in [0.1, 0.15) is 21.0 Å². The van der Waals surface area contributed by atoms with Gasteiger partial charge in [-0.15, -0.1) is 0 Å². The number of hydrogen-bond donors (Lipinski definition) is 1. The van der Waals surface area contributed by atoms with Crippen molar-refractivity contribution >= 4 is 39.3 Å². The Morgan fingerprint density at radius 2 is 1.92 bits per heavy atom. The van der Waals surface area contributed by atoms with E-state index in [2.05, 4.69) is 9.72 Å². The van der Waals surface area contributed by atoms with Gasteiger partial charge < -0.3 is 14.6 Å². The van der Waals surface area contributed by atoms with Gasteiger partial charge in [-0.1, -0.05) is 6.07 Å². The largest absolute Gasteiger partial charge is 0.505 e. The Labute approximate surface area is 150 Å². The first-order valence-corrected chi connectivity index (χ1v) is 7.91. The minimum atomic E-state index is -0.715. The summed E-state index contributed by atoms with van der Waals surface area (Å²) < 4.78 is 24.0. The minimum Gasteiger partial charge on any atom is -0.505 e. The minimum absolute atomic E-state index is 0.145.